The third-order valence-electron chi connectivity index (χ3n) is 4.22. The van der Waals surface area contributed by atoms with E-state index in [4.69, 9.17) is 15.2 Å². The van der Waals surface area contributed by atoms with E-state index in [2.05, 4.69) is 12.1 Å². The zero-order valence-electron chi connectivity index (χ0n) is 13.2. The van der Waals surface area contributed by atoms with Crippen LogP contribution in [0, 0.1) is 5.92 Å². The first kappa shape index (κ1) is 16.9. The number of carbonyl (C=O) groups is 1. The summed E-state index contributed by atoms with van der Waals surface area (Å²) < 4.78 is 10.3. The molecule has 1 aliphatic heterocycles. The summed E-state index contributed by atoms with van der Waals surface area (Å²) in [6.45, 7) is 3.64. The number of rotatable bonds is 8. The number of methoxy groups -OCH3 is 1. The predicted molar refractivity (Wildman–Crippen MR) is 85.6 cm³/mol. The van der Waals surface area contributed by atoms with Crippen molar-refractivity contribution >= 4 is 5.91 Å². The molecule has 0 radical (unpaired) electrons. The van der Waals surface area contributed by atoms with Gasteiger partial charge in [0, 0.05) is 26.1 Å². The van der Waals surface area contributed by atoms with Crippen LogP contribution in [0.5, 0.6) is 0 Å². The van der Waals surface area contributed by atoms with Gasteiger partial charge in [-0.25, -0.2) is 0 Å². The molecule has 1 fully saturated rings. The molecule has 0 bridgehead atoms. The maximum atomic E-state index is 12.3. The van der Waals surface area contributed by atoms with E-state index in [1.54, 1.807) is 7.11 Å². The number of hydrogen-bond donors (Lipinski definition) is 1. The smallest absolute Gasteiger partial charge is 0.224 e. The standard InChI is InChI=1S/C17H26N2O3/c1-21-9-10-22-8-7-17(20)19-12-15(11-18)16(13-19)14-5-3-2-4-6-14/h2-6,15-16H,7-13,18H2,1H3/t15-,16+/m1/s1. The number of benzene rings is 1. The van der Waals surface area contributed by atoms with Gasteiger partial charge in [-0.3, -0.25) is 4.79 Å². The molecule has 1 amide bonds. The van der Waals surface area contributed by atoms with E-state index < -0.39 is 0 Å². The maximum Gasteiger partial charge on any atom is 0.224 e. The van der Waals surface area contributed by atoms with Crippen LogP contribution in [0.1, 0.15) is 17.9 Å². The first-order valence-electron chi connectivity index (χ1n) is 7.85. The minimum absolute atomic E-state index is 0.147. The Labute approximate surface area is 132 Å². The Bertz CT molecular complexity index is 452. The van der Waals surface area contributed by atoms with Crippen molar-refractivity contribution in [1.82, 2.24) is 4.90 Å². The van der Waals surface area contributed by atoms with E-state index in [1.165, 1.54) is 5.56 Å². The molecule has 122 valence electrons. The molecule has 5 nitrogen and oxygen atoms in total. The van der Waals surface area contributed by atoms with E-state index in [-0.39, 0.29) is 5.91 Å². The first-order valence-corrected chi connectivity index (χ1v) is 7.85. The van der Waals surface area contributed by atoms with Gasteiger partial charge in [-0.05, 0) is 18.0 Å². The second-order valence-corrected chi connectivity index (χ2v) is 5.67. The molecular weight excluding hydrogens is 280 g/mol. The Morgan fingerprint density at radius 3 is 2.68 bits per heavy atom. The van der Waals surface area contributed by atoms with Gasteiger partial charge < -0.3 is 20.1 Å². The van der Waals surface area contributed by atoms with Crippen molar-refractivity contribution < 1.29 is 14.3 Å². The van der Waals surface area contributed by atoms with Crippen LogP contribution in [0.4, 0.5) is 0 Å². The normalized spacial score (nSPS) is 21.3. The van der Waals surface area contributed by atoms with E-state index in [0.717, 1.165) is 13.1 Å². The van der Waals surface area contributed by atoms with Crippen LogP contribution in [0.3, 0.4) is 0 Å². The van der Waals surface area contributed by atoms with Gasteiger partial charge in [0.25, 0.3) is 0 Å². The van der Waals surface area contributed by atoms with Crippen molar-refractivity contribution in [2.75, 3.05) is 46.6 Å². The number of nitrogens with zero attached hydrogens (tertiary/aromatic N) is 1. The van der Waals surface area contributed by atoms with E-state index >= 15 is 0 Å². The molecule has 5 heteroatoms. The Morgan fingerprint density at radius 2 is 2.00 bits per heavy atom. The third kappa shape index (κ3) is 4.53. The summed E-state index contributed by atoms with van der Waals surface area (Å²) in [6, 6.07) is 10.3. The average Bonchev–Trinajstić information content (AvgIpc) is 3.00. The fraction of sp³-hybridized carbons (Fsp3) is 0.588. The van der Waals surface area contributed by atoms with E-state index in [0.29, 0.717) is 44.6 Å². The molecule has 1 aromatic rings. The summed E-state index contributed by atoms with van der Waals surface area (Å²) in [7, 11) is 1.63. The molecule has 22 heavy (non-hydrogen) atoms. The highest BCUT2D eigenvalue weighted by Gasteiger charge is 2.34. The quantitative estimate of drug-likeness (QED) is 0.734. The molecule has 1 heterocycles. The van der Waals surface area contributed by atoms with Gasteiger partial charge in [0.2, 0.25) is 5.91 Å². The number of amides is 1. The Morgan fingerprint density at radius 1 is 1.23 bits per heavy atom. The van der Waals surface area contributed by atoms with Crippen LogP contribution in [0.25, 0.3) is 0 Å². The highest BCUT2D eigenvalue weighted by Crippen LogP contribution is 2.32. The lowest BCUT2D eigenvalue weighted by Gasteiger charge is -2.17. The molecule has 1 saturated heterocycles. The van der Waals surface area contributed by atoms with Crippen LogP contribution in [-0.2, 0) is 14.3 Å². The molecule has 1 aliphatic rings. The van der Waals surface area contributed by atoms with Crippen molar-refractivity contribution in [3.8, 4) is 0 Å². The van der Waals surface area contributed by atoms with Crippen LogP contribution < -0.4 is 5.73 Å². The summed E-state index contributed by atoms with van der Waals surface area (Å²) in [5, 5.41) is 0. The second-order valence-electron chi connectivity index (χ2n) is 5.67. The molecular formula is C17H26N2O3. The van der Waals surface area contributed by atoms with Crippen molar-refractivity contribution in [3.63, 3.8) is 0 Å². The van der Waals surface area contributed by atoms with Gasteiger partial charge in [0.05, 0.1) is 26.2 Å². The summed E-state index contributed by atoms with van der Waals surface area (Å²) in [5.74, 6) is 0.819. The topological polar surface area (TPSA) is 64.8 Å². The fourth-order valence-electron chi connectivity index (χ4n) is 2.95. The predicted octanol–water partition coefficient (Wildman–Crippen LogP) is 1.24. The zero-order chi connectivity index (χ0) is 15.8. The van der Waals surface area contributed by atoms with Gasteiger partial charge in [0.1, 0.15) is 0 Å². The minimum atomic E-state index is 0.147. The molecule has 0 aromatic heterocycles. The van der Waals surface area contributed by atoms with E-state index in [1.807, 2.05) is 23.1 Å². The largest absolute Gasteiger partial charge is 0.382 e. The lowest BCUT2D eigenvalue weighted by atomic mass is 9.89. The molecule has 0 aliphatic carbocycles. The van der Waals surface area contributed by atoms with Gasteiger partial charge in [-0.2, -0.15) is 0 Å². The van der Waals surface area contributed by atoms with Crippen molar-refractivity contribution in [3.05, 3.63) is 35.9 Å². The Hall–Kier alpha value is -1.43. The highest BCUT2D eigenvalue weighted by molar-refractivity contribution is 5.76. The molecule has 2 N–H and O–H groups in total. The van der Waals surface area contributed by atoms with Crippen molar-refractivity contribution in [2.24, 2.45) is 11.7 Å². The molecule has 0 spiro atoms. The Balaban J connectivity index is 1.84. The van der Waals surface area contributed by atoms with Crippen molar-refractivity contribution in [2.45, 2.75) is 12.3 Å². The SMILES string of the molecule is COCCOCCC(=O)N1C[C@@H](CN)[C@H](c2ccccc2)C1. The third-order valence-corrected chi connectivity index (χ3v) is 4.22. The van der Waals surface area contributed by atoms with Crippen LogP contribution in [0.15, 0.2) is 30.3 Å². The number of likely N-dealkylation sites (tertiary alicyclic amines) is 1. The molecule has 0 saturated carbocycles. The van der Waals surface area contributed by atoms with E-state index in [9.17, 15) is 4.79 Å². The van der Waals surface area contributed by atoms with Crippen molar-refractivity contribution in [1.29, 1.82) is 0 Å². The summed E-state index contributed by atoms with van der Waals surface area (Å²) in [4.78, 5) is 14.2. The number of hydrogen-bond acceptors (Lipinski definition) is 4. The van der Waals surface area contributed by atoms with Gasteiger partial charge >= 0.3 is 0 Å². The minimum Gasteiger partial charge on any atom is -0.382 e. The zero-order valence-corrected chi connectivity index (χ0v) is 13.2. The number of ether oxygens (including phenoxy) is 2. The second kappa shape index (κ2) is 8.88. The van der Waals surface area contributed by atoms with Crippen LogP contribution >= 0.6 is 0 Å². The Kier molecular flexibility index (Phi) is 6.83. The highest BCUT2D eigenvalue weighted by atomic mass is 16.5. The maximum absolute atomic E-state index is 12.3. The first-order chi connectivity index (χ1) is 10.8. The van der Waals surface area contributed by atoms with Gasteiger partial charge in [-0.15, -0.1) is 0 Å². The summed E-state index contributed by atoms with van der Waals surface area (Å²) >= 11 is 0. The van der Waals surface area contributed by atoms with Gasteiger partial charge in [0.15, 0.2) is 0 Å². The molecule has 2 atom stereocenters. The number of nitrogens with two attached hydrogens (primary N) is 1. The monoisotopic (exact) mass is 306 g/mol. The average molecular weight is 306 g/mol. The van der Waals surface area contributed by atoms with Crippen LogP contribution in [0.2, 0.25) is 0 Å². The molecule has 0 unspecified atom stereocenters. The molecule has 1 aromatic carbocycles. The summed E-state index contributed by atoms with van der Waals surface area (Å²) in [6.07, 6.45) is 0.419. The number of carbonyl (C=O) groups excluding carboxylic acids is 1. The molecule has 2 rings (SSSR count). The lowest BCUT2D eigenvalue weighted by molar-refractivity contribution is -0.131. The fourth-order valence-corrected chi connectivity index (χ4v) is 2.95. The van der Waals surface area contributed by atoms with Crippen LogP contribution in [-0.4, -0.2) is 57.4 Å². The summed E-state index contributed by atoms with van der Waals surface area (Å²) in [5.41, 5.74) is 7.17. The van der Waals surface area contributed by atoms with Gasteiger partial charge in [-0.1, -0.05) is 30.3 Å². The lowest BCUT2D eigenvalue weighted by Crippen LogP contribution is -2.30.